The number of nitrogens with one attached hydrogen (secondary N) is 1. The highest BCUT2D eigenvalue weighted by atomic mass is 16.7. The van der Waals surface area contributed by atoms with Gasteiger partial charge in [0.1, 0.15) is 0 Å². The van der Waals surface area contributed by atoms with Gasteiger partial charge in [0.2, 0.25) is 18.6 Å². The third kappa shape index (κ3) is 3.73. The molecule has 2 fully saturated rings. The fraction of sp³-hybridized carbons (Fsp3) is 0.391. The van der Waals surface area contributed by atoms with Crippen LogP contribution in [0.25, 0.3) is 0 Å². The van der Waals surface area contributed by atoms with E-state index in [0.717, 1.165) is 36.6 Å². The number of anilines is 2. The summed E-state index contributed by atoms with van der Waals surface area (Å²) in [4.78, 5) is 29.6. The fourth-order valence-corrected chi connectivity index (χ4v) is 4.38. The predicted octanol–water partition coefficient (Wildman–Crippen LogP) is 3.00. The van der Waals surface area contributed by atoms with Crippen LogP contribution in [0.3, 0.4) is 0 Å². The zero-order chi connectivity index (χ0) is 20.5. The number of para-hydroxylation sites is 1. The molecule has 2 aromatic rings. The van der Waals surface area contributed by atoms with Gasteiger partial charge in [0.15, 0.2) is 11.5 Å². The van der Waals surface area contributed by atoms with Crippen molar-refractivity contribution in [2.45, 2.75) is 25.8 Å². The molecule has 0 spiro atoms. The van der Waals surface area contributed by atoms with Gasteiger partial charge in [-0.05, 0) is 49.7 Å². The van der Waals surface area contributed by atoms with Gasteiger partial charge in [-0.2, -0.15) is 0 Å². The first kappa shape index (κ1) is 18.9. The van der Waals surface area contributed by atoms with Crippen molar-refractivity contribution in [3.8, 4) is 11.5 Å². The number of hydrogen-bond acceptors (Lipinski definition) is 5. The number of benzene rings is 2. The first-order valence-electron chi connectivity index (χ1n) is 10.5. The van der Waals surface area contributed by atoms with Gasteiger partial charge in [-0.15, -0.1) is 0 Å². The minimum Gasteiger partial charge on any atom is -0.454 e. The number of nitrogens with zero attached hydrogens (tertiary/aromatic N) is 2. The standard InChI is InChI=1S/C23H25N3O4/c27-22-11-17(14-26(22)18-7-8-20-21(12-18)30-15-29-20)23(28)24-19-6-2-1-5-16(19)13-25-9-3-4-10-25/h1-2,5-8,12,17H,3-4,9-11,13-15H2,(H,24,28). The van der Waals surface area contributed by atoms with Crippen LogP contribution < -0.4 is 19.7 Å². The zero-order valence-corrected chi connectivity index (χ0v) is 16.8. The van der Waals surface area contributed by atoms with E-state index in [4.69, 9.17) is 9.47 Å². The maximum Gasteiger partial charge on any atom is 0.231 e. The van der Waals surface area contributed by atoms with Crippen molar-refractivity contribution in [3.63, 3.8) is 0 Å². The van der Waals surface area contributed by atoms with Gasteiger partial charge >= 0.3 is 0 Å². The van der Waals surface area contributed by atoms with Crippen LogP contribution in [0.1, 0.15) is 24.8 Å². The van der Waals surface area contributed by atoms with Crippen LogP contribution >= 0.6 is 0 Å². The molecule has 0 aliphatic carbocycles. The van der Waals surface area contributed by atoms with E-state index in [-0.39, 0.29) is 30.9 Å². The number of ether oxygens (including phenoxy) is 2. The summed E-state index contributed by atoms with van der Waals surface area (Å²) in [6.45, 7) is 3.59. The third-order valence-corrected chi connectivity index (χ3v) is 6.03. The second kappa shape index (κ2) is 7.99. The van der Waals surface area contributed by atoms with Crippen molar-refractivity contribution >= 4 is 23.2 Å². The summed E-state index contributed by atoms with van der Waals surface area (Å²) in [6, 6.07) is 13.4. The summed E-state index contributed by atoms with van der Waals surface area (Å²) in [5.74, 6) is 0.751. The summed E-state index contributed by atoms with van der Waals surface area (Å²) in [5.41, 5.74) is 2.68. The number of amides is 2. The third-order valence-electron chi connectivity index (χ3n) is 6.03. The van der Waals surface area contributed by atoms with Gasteiger partial charge in [-0.1, -0.05) is 18.2 Å². The lowest BCUT2D eigenvalue weighted by molar-refractivity contribution is -0.122. The van der Waals surface area contributed by atoms with E-state index in [0.29, 0.717) is 18.0 Å². The fourth-order valence-electron chi connectivity index (χ4n) is 4.38. The van der Waals surface area contributed by atoms with Gasteiger partial charge in [0.25, 0.3) is 0 Å². The Hall–Kier alpha value is -3.06. The molecule has 3 aliphatic heterocycles. The maximum atomic E-state index is 13.0. The second-order valence-corrected chi connectivity index (χ2v) is 8.07. The summed E-state index contributed by atoms with van der Waals surface area (Å²) < 4.78 is 10.7. The highest BCUT2D eigenvalue weighted by Gasteiger charge is 2.36. The van der Waals surface area contributed by atoms with Crippen LogP contribution in [0.4, 0.5) is 11.4 Å². The van der Waals surface area contributed by atoms with Gasteiger partial charge in [-0.25, -0.2) is 0 Å². The molecule has 0 radical (unpaired) electrons. The Morgan fingerprint density at radius 3 is 2.73 bits per heavy atom. The molecule has 7 heteroatoms. The minimum atomic E-state index is -0.386. The van der Waals surface area contributed by atoms with E-state index in [1.165, 1.54) is 12.8 Å². The largest absolute Gasteiger partial charge is 0.454 e. The molecule has 1 N–H and O–H groups in total. The molecule has 156 valence electrons. The van der Waals surface area contributed by atoms with Crippen molar-refractivity contribution < 1.29 is 19.1 Å². The van der Waals surface area contributed by atoms with Crippen molar-refractivity contribution in [3.05, 3.63) is 48.0 Å². The average molecular weight is 407 g/mol. The highest BCUT2D eigenvalue weighted by Crippen LogP contribution is 2.37. The number of carbonyl (C=O) groups is 2. The van der Waals surface area contributed by atoms with E-state index in [2.05, 4.69) is 16.3 Å². The van der Waals surface area contributed by atoms with Crippen molar-refractivity contribution in [1.29, 1.82) is 0 Å². The molecule has 0 saturated carbocycles. The molecule has 30 heavy (non-hydrogen) atoms. The van der Waals surface area contributed by atoms with E-state index < -0.39 is 0 Å². The summed E-state index contributed by atoms with van der Waals surface area (Å²) in [5, 5.41) is 3.07. The molecule has 5 rings (SSSR count). The first-order chi connectivity index (χ1) is 14.7. The summed E-state index contributed by atoms with van der Waals surface area (Å²) >= 11 is 0. The second-order valence-electron chi connectivity index (χ2n) is 8.07. The average Bonchev–Trinajstić information content (AvgIpc) is 3.49. The Labute approximate surface area is 175 Å². The van der Waals surface area contributed by atoms with Crippen molar-refractivity contribution in [2.75, 3.05) is 36.6 Å². The minimum absolute atomic E-state index is 0.0561. The molecule has 1 unspecified atom stereocenters. The number of likely N-dealkylation sites (tertiary alicyclic amines) is 1. The van der Waals surface area contributed by atoms with E-state index in [1.54, 1.807) is 17.0 Å². The van der Waals surface area contributed by atoms with Crippen molar-refractivity contribution in [2.24, 2.45) is 5.92 Å². The highest BCUT2D eigenvalue weighted by molar-refractivity contribution is 6.03. The molecule has 2 saturated heterocycles. The smallest absolute Gasteiger partial charge is 0.231 e. The molecule has 3 heterocycles. The van der Waals surface area contributed by atoms with Crippen LogP contribution in [-0.2, 0) is 16.1 Å². The zero-order valence-electron chi connectivity index (χ0n) is 16.8. The van der Waals surface area contributed by atoms with Gasteiger partial charge in [-0.3, -0.25) is 14.5 Å². The normalized spacial score (nSPS) is 20.7. The van der Waals surface area contributed by atoms with E-state index >= 15 is 0 Å². The number of carbonyl (C=O) groups excluding carboxylic acids is 2. The molecule has 1 atom stereocenters. The molecular weight excluding hydrogens is 382 g/mol. The van der Waals surface area contributed by atoms with Gasteiger partial charge in [0, 0.05) is 37.0 Å². The van der Waals surface area contributed by atoms with Crippen LogP contribution in [0.15, 0.2) is 42.5 Å². The molecular formula is C23H25N3O4. The molecule has 0 bridgehead atoms. The van der Waals surface area contributed by atoms with E-state index in [9.17, 15) is 9.59 Å². The van der Waals surface area contributed by atoms with Crippen LogP contribution in [0.2, 0.25) is 0 Å². The van der Waals surface area contributed by atoms with Gasteiger partial charge < -0.3 is 19.7 Å². The summed E-state index contributed by atoms with van der Waals surface area (Å²) in [6.07, 6.45) is 2.66. The molecule has 3 aliphatic rings. The topological polar surface area (TPSA) is 71.1 Å². The quantitative estimate of drug-likeness (QED) is 0.825. The predicted molar refractivity (Wildman–Crippen MR) is 113 cm³/mol. The maximum absolute atomic E-state index is 13.0. The number of fused-ring (bicyclic) bond motifs is 1. The molecule has 0 aromatic heterocycles. The van der Waals surface area contributed by atoms with Crippen molar-refractivity contribution in [1.82, 2.24) is 4.90 Å². The Morgan fingerprint density at radius 2 is 1.87 bits per heavy atom. The van der Waals surface area contributed by atoms with Gasteiger partial charge in [0.05, 0.1) is 5.92 Å². The Bertz CT molecular complexity index is 971. The monoisotopic (exact) mass is 407 g/mol. The first-order valence-corrected chi connectivity index (χ1v) is 10.5. The Morgan fingerprint density at radius 1 is 1.07 bits per heavy atom. The van der Waals surface area contributed by atoms with Crippen LogP contribution in [0.5, 0.6) is 11.5 Å². The lowest BCUT2D eigenvalue weighted by Gasteiger charge is -2.19. The number of hydrogen-bond donors (Lipinski definition) is 1. The lowest BCUT2D eigenvalue weighted by atomic mass is 10.1. The Kier molecular flexibility index (Phi) is 5.04. The number of rotatable bonds is 5. The lowest BCUT2D eigenvalue weighted by Crippen LogP contribution is -2.28. The summed E-state index contributed by atoms with van der Waals surface area (Å²) in [7, 11) is 0. The van der Waals surface area contributed by atoms with Crippen LogP contribution in [-0.4, -0.2) is 43.1 Å². The molecule has 2 amide bonds. The van der Waals surface area contributed by atoms with Crippen LogP contribution in [0, 0.1) is 5.92 Å². The SMILES string of the molecule is O=C(Nc1ccccc1CN1CCCC1)C1CC(=O)N(c2ccc3c(c2)OCO3)C1. The molecule has 2 aromatic carbocycles. The Balaban J connectivity index is 1.27. The molecule has 7 nitrogen and oxygen atoms in total. The van der Waals surface area contributed by atoms with E-state index in [1.807, 2.05) is 24.3 Å².